The summed E-state index contributed by atoms with van der Waals surface area (Å²) in [5.41, 5.74) is 1.19. The number of imidazole rings is 1. The van der Waals surface area contributed by atoms with Crippen LogP contribution in [0.1, 0.15) is 43.5 Å². The molecule has 8 nitrogen and oxygen atoms in total. The number of fused-ring (bicyclic) bond motifs is 1. The lowest BCUT2D eigenvalue weighted by molar-refractivity contribution is 0.0227. The van der Waals surface area contributed by atoms with Crippen molar-refractivity contribution in [2.24, 2.45) is 0 Å². The van der Waals surface area contributed by atoms with E-state index in [1.54, 1.807) is 37.2 Å². The molecule has 1 unspecified atom stereocenters. The van der Waals surface area contributed by atoms with Gasteiger partial charge in [0.2, 0.25) is 0 Å². The van der Waals surface area contributed by atoms with Gasteiger partial charge in [0.15, 0.2) is 0 Å². The van der Waals surface area contributed by atoms with E-state index in [0.29, 0.717) is 37.9 Å². The molecule has 1 aromatic carbocycles. The average molecular weight is 374 g/mol. The highest BCUT2D eigenvalue weighted by atomic mass is 16.6. The number of benzene rings is 1. The number of H-pyrrole nitrogens is 1. The van der Waals surface area contributed by atoms with E-state index < -0.39 is 11.7 Å². The van der Waals surface area contributed by atoms with Crippen LogP contribution in [0.5, 0.6) is 0 Å². The van der Waals surface area contributed by atoms with Crippen molar-refractivity contribution in [3.63, 3.8) is 0 Å². The molecule has 2 amide bonds. The Morgan fingerprint density at radius 3 is 2.96 bits per heavy atom. The lowest BCUT2D eigenvalue weighted by atomic mass is 9.95. The number of ether oxygens (including phenoxy) is 1. The Bertz CT molecular complexity index is 819. The zero-order valence-corrected chi connectivity index (χ0v) is 15.7. The van der Waals surface area contributed by atoms with Crippen LogP contribution < -0.4 is 5.32 Å². The fourth-order valence-corrected chi connectivity index (χ4v) is 3.30. The molecule has 2 aromatic rings. The lowest BCUT2D eigenvalue weighted by Crippen LogP contribution is -2.44. The van der Waals surface area contributed by atoms with Gasteiger partial charge in [-0.05, 0) is 51.3 Å². The predicted molar refractivity (Wildman–Crippen MR) is 100 cm³/mol. The number of aromatic nitrogens is 2. The van der Waals surface area contributed by atoms with Gasteiger partial charge in [0.1, 0.15) is 0 Å². The number of rotatable bonds is 4. The number of nitrogens with zero attached hydrogens (tertiary/aromatic N) is 2. The second-order valence-corrected chi connectivity index (χ2v) is 7.31. The van der Waals surface area contributed by atoms with Gasteiger partial charge in [0.05, 0.1) is 29.1 Å². The third-order valence-corrected chi connectivity index (χ3v) is 4.78. The van der Waals surface area contributed by atoms with E-state index in [1.807, 2.05) is 6.07 Å². The molecule has 0 radical (unpaired) electrons. The summed E-state index contributed by atoms with van der Waals surface area (Å²) in [5.74, 6) is -0.0667. The second kappa shape index (κ2) is 7.96. The number of alkyl carbamates (subject to hydrolysis) is 1. The van der Waals surface area contributed by atoms with Crippen LogP contribution in [0.25, 0.3) is 11.0 Å². The highest BCUT2D eigenvalue weighted by Gasteiger charge is 2.32. The third kappa shape index (κ3) is 4.77. The molecule has 1 aliphatic rings. The van der Waals surface area contributed by atoms with Crippen molar-refractivity contribution in [3.05, 3.63) is 30.1 Å². The molecule has 146 valence electrons. The van der Waals surface area contributed by atoms with Gasteiger partial charge in [-0.25, -0.2) is 9.78 Å². The average Bonchev–Trinajstić information content (AvgIpc) is 3.01. The maximum Gasteiger partial charge on any atom is 0.407 e. The fourth-order valence-electron chi connectivity index (χ4n) is 3.30. The summed E-state index contributed by atoms with van der Waals surface area (Å²) >= 11 is 0. The van der Waals surface area contributed by atoms with Gasteiger partial charge in [0, 0.05) is 25.2 Å². The summed E-state index contributed by atoms with van der Waals surface area (Å²) in [6.07, 6.45) is 2.42. The van der Waals surface area contributed by atoms with Crippen LogP contribution in [0, 0.1) is 0 Å². The number of hydrogen-bond donors (Lipinski definition) is 3. The maximum atomic E-state index is 12.8. The summed E-state index contributed by atoms with van der Waals surface area (Å²) in [7, 11) is 0. The topological polar surface area (TPSA) is 108 Å². The highest BCUT2D eigenvalue weighted by molar-refractivity contribution is 5.97. The summed E-state index contributed by atoms with van der Waals surface area (Å²) < 4.78 is 5.03. The van der Waals surface area contributed by atoms with Gasteiger partial charge in [-0.2, -0.15) is 0 Å². The van der Waals surface area contributed by atoms with Crippen molar-refractivity contribution in [2.45, 2.75) is 44.8 Å². The molecule has 1 atom stereocenters. The molecule has 1 fully saturated rings. The monoisotopic (exact) mass is 374 g/mol. The maximum absolute atomic E-state index is 12.8. The molecule has 0 aliphatic carbocycles. The zero-order chi connectivity index (χ0) is 19.4. The minimum absolute atomic E-state index is 0.0667. The Labute approximate surface area is 157 Å². The normalized spacial score (nSPS) is 20.5. The van der Waals surface area contributed by atoms with E-state index in [1.165, 1.54) is 0 Å². The van der Waals surface area contributed by atoms with Crippen molar-refractivity contribution in [2.75, 3.05) is 19.6 Å². The molecule has 0 spiro atoms. The van der Waals surface area contributed by atoms with Gasteiger partial charge in [-0.15, -0.1) is 0 Å². The number of hydrogen-bond acceptors (Lipinski definition) is 5. The number of amides is 2. The van der Waals surface area contributed by atoms with Crippen LogP contribution in [0.2, 0.25) is 0 Å². The van der Waals surface area contributed by atoms with E-state index in [4.69, 9.17) is 4.74 Å². The number of likely N-dealkylation sites (tertiary alicyclic amines) is 1. The van der Waals surface area contributed by atoms with E-state index in [0.717, 1.165) is 11.0 Å². The first-order valence-corrected chi connectivity index (χ1v) is 9.26. The Morgan fingerprint density at radius 2 is 2.19 bits per heavy atom. The smallest absolute Gasteiger partial charge is 0.407 e. The van der Waals surface area contributed by atoms with Gasteiger partial charge in [-0.1, -0.05) is 0 Å². The van der Waals surface area contributed by atoms with Crippen LogP contribution in [0.3, 0.4) is 0 Å². The SMILES string of the molecule is CC(C)OC(=O)NCC1(O)CCCN(C(=O)c2ccc3nc[nH]c3c2)CC1. The quantitative estimate of drug-likeness (QED) is 0.759. The van der Waals surface area contributed by atoms with E-state index in [-0.39, 0.29) is 18.6 Å². The Hall–Kier alpha value is -2.61. The van der Waals surface area contributed by atoms with Crippen LogP contribution >= 0.6 is 0 Å². The van der Waals surface area contributed by atoms with Crippen LogP contribution in [-0.4, -0.2) is 63.3 Å². The largest absolute Gasteiger partial charge is 0.447 e. The first-order valence-electron chi connectivity index (χ1n) is 9.26. The molecule has 3 N–H and O–H groups in total. The van der Waals surface area contributed by atoms with E-state index >= 15 is 0 Å². The summed E-state index contributed by atoms with van der Waals surface area (Å²) in [6, 6.07) is 5.38. The highest BCUT2D eigenvalue weighted by Crippen LogP contribution is 2.23. The predicted octanol–water partition coefficient (Wildman–Crippen LogP) is 2.05. The number of carbonyl (C=O) groups is 2. The summed E-state index contributed by atoms with van der Waals surface area (Å²) in [4.78, 5) is 33.4. The van der Waals surface area contributed by atoms with Gasteiger partial charge in [0.25, 0.3) is 5.91 Å². The third-order valence-electron chi connectivity index (χ3n) is 4.78. The molecule has 8 heteroatoms. The summed E-state index contributed by atoms with van der Waals surface area (Å²) in [5, 5.41) is 13.4. The fraction of sp³-hybridized carbons (Fsp3) is 0.526. The van der Waals surface area contributed by atoms with Crippen molar-refractivity contribution < 1.29 is 19.4 Å². The minimum atomic E-state index is -1.04. The zero-order valence-electron chi connectivity index (χ0n) is 15.7. The molecule has 1 aliphatic heterocycles. The van der Waals surface area contributed by atoms with Crippen molar-refractivity contribution in [1.82, 2.24) is 20.2 Å². The molecule has 3 rings (SSSR count). The Kier molecular flexibility index (Phi) is 5.65. The Morgan fingerprint density at radius 1 is 1.37 bits per heavy atom. The molecule has 2 heterocycles. The first-order chi connectivity index (χ1) is 12.9. The minimum Gasteiger partial charge on any atom is -0.447 e. The van der Waals surface area contributed by atoms with Crippen molar-refractivity contribution >= 4 is 23.0 Å². The number of aliphatic hydroxyl groups is 1. The number of carbonyl (C=O) groups excluding carboxylic acids is 2. The molecule has 27 heavy (non-hydrogen) atoms. The van der Waals surface area contributed by atoms with Crippen molar-refractivity contribution in [3.8, 4) is 0 Å². The van der Waals surface area contributed by atoms with E-state index in [9.17, 15) is 14.7 Å². The molecule has 0 saturated carbocycles. The van der Waals surface area contributed by atoms with Gasteiger partial charge < -0.3 is 25.0 Å². The number of aromatic amines is 1. The van der Waals surface area contributed by atoms with Gasteiger partial charge in [-0.3, -0.25) is 4.79 Å². The second-order valence-electron chi connectivity index (χ2n) is 7.31. The van der Waals surface area contributed by atoms with Gasteiger partial charge >= 0.3 is 6.09 Å². The molecule has 1 saturated heterocycles. The van der Waals surface area contributed by atoms with Crippen molar-refractivity contribution in [1.29, 1.82) is 0 Å². The first kappa shape index (κ1) is 19.2. The van der Waals surface area contributed by atoms with E-state index in [2.05, 4.69) is 15.3 Å². The molecule has 0 bridgehead atoms. The standard InChI is InChI=1S/C19H26N4O4/c1-13(2)27-18(25)20-11-19(26)6-3-8-23(9-7-19)17(24)14-4-5-15-16(10-14)22-12-21-15/h4-5,10,12-13,26H,3,6-9,11H2,1-2H3,(H,20,25)(H,21,22). The Balaban J connectivity index is 1.60. The molecule has 1 aromatic heterocycles. The molecular formula is C19H26N4O4. The molecular weight excluding hydrogens is 348 g/mol. The number of nitrogens with one attached hydrogen (secondary N) is 2. The lowest BCUT2D eigenvalue weighted by Gasteiger charge is -2.27. The van der Waals surface area contributed by atoms with Crippen LogP contribution in [0.15, 0.2) is 24.5 Å². The summed E-state index contributed by atoms with van der Waals surface area (Å²) in [6.45, 7) is 4.64. The van der Waals surface area contributed by atoms with Crippen LogP contribution in [-0.2, 0) is 4.74 Å². The van der Waals surface area contributed by atoms with Crippen LogP contribution in [0.4, 0.5) is 4.79 Å².